The average molecular weight is 156 g/mol. The van der Waals surface area contributed by atoms with E-state index in [0.29, 0.717) is 6.42 Å². The van der Waals surface area contributed by atoms with Gasteiger partial charge in [-0.2, -0.15) is 0 Å². The maximum atomic E-state index is 12.7. The molecule has 0 spiro atoms. The van der Waals surface area contributed by atoms with E-state index in [1.165, 1.54) is 0 Å². The van der Waals surface area contributed by atoms with E-state index in [4.69, 9.17) is 0 Å². The summed E-state index contributed by atoms with van der Waals surface area (Å²) in [7, 11) is 0. The Morgan fingerprint density at radius 3 is 2.36 bits per heavy atom. The molecule has 2 fully saturated rings. The number of alkyl halides is 1. The summed E-state index contributed by atoms with van der Waals surface area (Å²) < 4.78 is 12.7. The summed E-state index contributed by atoms with van der Waals surface area (Å²) in [5.41, 5.74) is -0.564. The fourth-order valence-electron chi connectivity index (χ4n) is 1.71. The summed E-state index contributed by atoms with van der Waals surface area (Å²) >= 11 is 0. The lowest BCUT2D eigenvalue weighted by Crippen LogP contribution is -2.29. The second-order valence-corrected chi connectivity index (χ2v) is 4.08. The SMILES string of the molecule is CC1(C(=O)C2CCC2)CC1F. The van der Waals surface area contributed by atoms with Gasteiger partial charge in [-0.1, -0.05) is 6.42 Å². The van der Waals surface area contributed by atoms with Crippen molar-refractivity contribution in [3.05, 3.63) is 0 Å². The average Bonchev–Trinajstić information content (AvgIpc) is 2.38. The van der Waals surface area contributed by atoms with Crippen molar-refractivity contribution in [3.8, 4) is 0 Å². The molecule has 0 aromatic heterocycles. The largest absolute Gasteiger partial charge is 0.299 e. The molecule has 0 aliphatic heterocycles. The molecule has 0 aromatic rings. The molecular formula is C9H13FO. The monoisotopic (exact) mass is 156 g/mol. The van der Waals surface area contributed by atoms with Gasteiger partial charge in [0.05, 0.1) is 5.41 Å². The molecule has 2 rings (SSSR count). The molecule has 0 saturated heterocycles. The zero-order valence-electron chi connectivity index (χ0n) is 6.77. The second kappa shape index (κ2) is 2.05. The third-order valence-corrected chi connectivity index (χ3v) is 3.17. The van der Waals surface area contributed by atoms with Crippen molar-refractivity contribution in [3.63, 3.8) is 0 Å². The lowest BCUT2D eigenvalue weighted by Gasteiger charge is -2.26. The first kappa shape index (κ1) is 7.26. The van der Waals surface area contributed by atoms with Crippen LogP contribution in [0, 0.1) is 11.3 Å². The van der Waals surface area contributed by atoms with Crippen molar-refractivity contribution in [2.45, 2.75) is 38.8 Å². The first-order valence-electron chi connectivity index (χ1n) is 4.33. The van der Waals surface area contributed by atoms with Crippen molar-refractivity contribution in [1.82, 2.24) is 0 Å². The van der Waals surface area contributed by atoms with Crippen molar-refractivity contribution in [2.24, 2.45) is 11.3 Å². The molecule has 11 heavy (non-hydrogen) atoms. The Morgan fingerprint density at radius 2 is 2.09 bits per heavy atom. The fourth-order valence-corrected chi connectivity index (χ4v) is 1.71. The van der Waals surface area contributed by atoms with Gasteiger partial charge in [0.2, 0.25) is 0 Å². The summed E-state index contributed by atoms with van der Waals surface area (Å²) in [5.74, 6) is 0.400. The van der Waals surface area contributed by atoms with E-state index in [1.54, 1.807) is 6.92 Å². The summed E-state index contributed by atoms with van der Waals surface area (Å²) in [6.45, 7) is 1.76. The molecule has 0 heterocycles. The predicted molar refractivity (Wildman–Crippen MR) is 40.0 cm³/mol. The quantitative estimate of drug-likeness (QED) is 0.598. The molecule has 0 N–H and O–H groups in total. The van der Waals surface area contributed by atoms with Crippen LogP contribution in [0.25, 0.3) is 0 Å². The minimum atomic E-state index is -0.837. The lowest BCUT2D eigenvalue weighted by atomic mass is 9.77. The first-order chi connectivity index (χ1) is 5.14. The summed E-state index contributed by atoms with van der Waals surface area (Å²) in [4.78, 5) is 11.5. The smallest absolute Gasteiger partial charge is 0.144 e. The van der Waals surface area contributed by atoms with Crippen LogP contribution in [0.2, 0.25) is 0 Å². The zero-order chi connectivity index (χ0) is 8.06. The van der Waals surface area contributed by atoms with Gasteiger partial charge < -0.3 is 0 Å². The zero-order valence-corrected chi connectivity index (χ0v) is 6.77. The minimum Gasteiger partial charge on any atom is -0.299 e. The minimum absolute atomic E-state index is 0.191. The third kappa shape index (κ3) is 0.916. The highest BCUT2D eigenvalue weighted by molar-refractivity contribution is 5.90. The van der Waals surface area contributed by atoms with E-state index in [9.17, 15) is 9.18 Å². The molecule has 2 heteroatoms. The number of halogens is 1. The number of rotatable bonds is 2. The molecule has 2 unspecified atom stereocenters. The van der Waals surface area contributed by atoms with Crippen LogP contribution in [0.3, 0.4) is 0 Å². The fraction of sp³-hybridized carbons (Fsp3) is 0.889. The molecule has 1 nitrogen and oxygen atoms in total. The number of ketones is 1. The maximum Gasteiger partial charge on any atom is 0.144 e. The highest BCUT2D eigenvalue weighted by Crippen LogP contribution is 2.52. The molecule has 0 radical (unpaired) electrons. The Labute approximate surface area is 66.0 Å². The number of Topliss-reactive ketones (excluding diaryl/α,β-unsaturated/α-hetero) is 1. The highest BCUT2D eigenvalue weighted by atomic mass is 19.1. The van der Waals surface area contributed by atoms with E-state index in [1.807, 2.05) is 0 Å². The number of carbonyl (C=O) groups excluding carboxylic acids is 1. The Bertz CT molecular complexity index is 198. The normalized spacial score (nSPS) is 43.3. The Hall–Kier alpha value is -0.400. The van der Waals surface area contributed by atoms with Crippen molar-refractivity contribution in [1.29, 1.82) is 0 Å². The van der Waals surface area contributed by atoms with Gasteiger partial charge in [0.1, 0.15) is 12.0 Å². The topological polar surface area (TPSA) is 17.1 Å². The molecular weight excluding hydrogens is 143 g/mol. The number of hydrogen-bond donors (Lipinski definition) is 0. The van der Waals surface area contributed by atoms with Gasteiger partial charge in [-0.25, -0.2) is 4.39 Å². The van der Waals surface area contributed by atoms with Gasteiger partial charge in [-0.15, -0.1) is 0 Å². The predicted octanol–water partition coefficient (Wildman–Crippen LogP) is 2.10. The van der Waals surface area contributed by atoms with E-state index in [2.05, 4.69) is 0 Å². The van der Waals surface area contributed by atoms with E-state index < -0.39 is 11.6 Å². The Kier molecular flexibility index (Phi) is 1.35. The van der Waals surface area contributed by atoms with Gasteiger partial charge in [0.15, 0.2) is 0 Å². The number of hydrogen-bond acceptors (Lipinski definition) is 1. The van der Waals surface area contributed by atoms with Crippen LogP contribution in [0.1, 0.15) is 32.6 Å². The Balaban J connectivity index is 1.99. The van der Waals surface area contributed by atoms with E-state index in [0.717, 1.165) is 19.3 Å². The Morgan fingerprint density at radius 1 is 1.55 bits per heavy atom. The van der Waals surface area contributed by atoms with Crippen LogP contribution >= 0.6 is 0 Å². The van der Waals surface area contributed by atoms with Gasteiger partial charge in [-0.3, -0.25) is 4.79 Å². The van der Waals surface area contributed by atoms with Gasteiger partial charge in [-0.05, 0) is 26.2 Å². The molecule has 2 aliphatic carbocycles. The molecule has 2 atom stereocenters. The highest BCUT2D eigenvalue weighted by Gasteiger charge is 2.58. The van der Waals surface area contributed by atoms with Crippen LogP contribution in [-0.4, -0.2) is 12.0 Å². The van der Waals surface area contributed by atoms with E-state index >= 15 is 0 Å². The third-order valence-electron chi connectivity index (χ3n) is 3.17. The maximum absolute atomic E-state index is 12.7. The van der Waals surface area contributed by atoms with Crippen LogP contribution in [-0.2, 0) is 4.79 Å². The molecule has 0 bridgehead atoms. The van der Waals surface area contributed by atoms with Gasteiger partial charge in [0.25, 0.3) is 0 Å². The van der Waals surface area contributed by atoms with Crippen LogP contribution in [0.5, 0.6) is 0 Å². The van der Waals surface area contributed by atoms with Crippen molar-refractivity contribution >= 4 is 5.78 Å². The summed E-state index contributed by atoms with van der Waals surface area (Å²) in [6, 6.07) is 0. The lowest BCUT2D eigenvalue weighted by molar-refractivity contribution is -0.130. The van der Waals surface area contributed by atoms with Gasteiger partial charge in [0, 0.05) is 5.92 Å². The van der Waals surface area contributed by atoms with Gasteiger partial charge >= 0.3 is 0 Å². The first-order valence-corrected chi connectivity index (χ1v) is 4.33. The van der Waals surface area contributed by atoms with Crippen molar-refractivity contribution < 1.29 is 9.18 Å². The molecule has 0 amide bonds. The standard InChI is InChI=1S/C9H13FO/c1-9(5-7(9)10)8(11)6-3-2-4-6/h6-7H,2-5H2,1H3. The molecule has 62 valence electrons. The van der Waals surface area contributed by atoms with Crippen LogP contribution in [0.4, 0.5) is 4.39 Å². The second-order valence-electron chi connectivity index (χ2n) is 4.08. The van der Waals surface area contributed by atoms with Crippen LogP contribution in [0.15, 0.2) is 0 Å². The molecule has 0 aromatic carbocycles. The summed E-state index contributed by atoms with van der Waals surface area (Å²) in [5, 5.41) is 0. The van der Waals surface area contributed by atoms with Crippen molar-refractivity contribution in [2.75, 3.05) is 0 Å². The number of carbonyl (C=O) groups is 1. The summed E-state index contributed by atoms with van der Waals surface area (Å²) in [6.07, 6.45) is 2.80. The molecule has 2 aliphatic rings. The molecule has 2 saturated carbocycles. The van der Waals surface area contributed by atoms with Crippen LogP contribution < -0.4 is 0 Å². The van der Waals surface area contributed by atoms with E-state index in [-0.39, 0.29) is 11.7 Å².